The van der Waals surface area contributed by atoms with Crippen LogP contribution in [0.15, 0.2) is 60.9 Å². The minimum atomic E-state index is -4.51. The summed E-state index contributed by atoms with van der Waals surface area (Å²) in [6.45, 7) is 3.12. The molecule has 3 heterocycles. The molecule has 0 atom stereocenters. The number of rotatable bonds is 4. The second-order valence-corrected chi connectivity index (χ2v) is 7.86. The van der Waals surface area contributed by atoms with Crippen molar-refractivity contribution < 1.29 is 17.9 Å². The number of piperazine rings is 1. The van der Waals surface area contributed by atoms with Crippen LogP contribution in [0.4, 0.5) is 24.5 Å². The molecular formula is C25H26F3N5O. The molecule has 9 heteroatoms. The van der Waals surface area contributed by atoms with Crippen molar-refractivity contribution in [3.05, 3.63) is 66.6 Å². The highest BCUT2D eigenvalue weighted by molar-refractivity contribution is 5.95. The van der Waals surface area contributed by atoms with Crippen molar-refractivity contribution in [2.75, 3.05) is 43.1 Å². The Bertz CT molecular complexity index is 1280. The van der Waals surface area contributed by atoms with Gasteiger partial charge in [0, 0.05) is 49.0 Å². The van der Waals surface area contributed by atoms with Gasteiger partial charge in [-0.05, 0) is 35.9 Å². The molecule has 1 aliphatic rings. The van der Waals surface area contributed by atoms with E-state index < -0.39 is 11.9 Å². The lowest BCUT2D eigenvalue weighted by Gasteiger charge is -2.38. The van der Waals surface area contributed by atoms with Crippen LogP contribution in [0.25, 0.3) is 22.0 Å². The highest BCUT2D eigenvalue weighted by atomic mass is 19.4. The van der Waals surface area contributed by atoms with Crippen molar-refractivity contribution in [1.29, 1.82) is 0 Å². The number of halogens is 3. The van der Waals surface area contributed by atoms with Crippen molar-refractivity contribution in [1.82, 2.24) is 15.2 Å². The summed E-state index contributed by atoms with van der Waals surface area (Å²) in [6, 6.07) is 15.0. The van der Waals surface area contributed by atoms with E-state index in [-0.39, 0.29) is 13.0 Å². The Hall–Kier alpha value is -3.75. The number of benzene rings is 2. The molecule has 0 saturated carbocycles. The van der Waals surface area contributed by atoms with E-state index in [0.29, 0.717) is 5.56 Å². The number of anilines is 2. The summed E-state index contributed by atoms with van der Waals surface area (Å²) in [7, 11) is 1.67. The molecule has 1 N–H and O–H groups in total. The first kappa shape index (κ1) is 23.4. The zero-order valence-corrected chi connectivity index (χ0v) is 17.9. The Morgan fingerprint density at radius 3 is 2.35 bits per heavy atom. The molecule has 1 aliphatic heterocycles. The predicted molar refractivity (Wildman–Crippen MR) is 128 cm³/mol. The van der Waals surface area contributed by atoms with Crippen molar-refractivity contribution in [3.63, 3.8) is 0 Å². The average Bonchev–Trinajstić information content (AvgIpc) is 3.34. The molecule has 0 aliphatic carbocycles. The number of para-hydroxylation sites is 2. The fourth-order valence-electron chi connectivity index (χ4n) is 4.38. The van der Waals surface area contributed by atoms with Crippen molar-refractivity contribution in [2.45, 2.75) is 13.6 Å². The van der Waals surface area contributed by atoms with Crippen LogP contribution in [0.3, 0.4) is 0 Å². The molecule has 0 bridgehead atoms. The fourth-order valence-corrected chi connectivity index (χ4v) is 4.38. The summed E-state index contributed by atoms with van der Waals surface area (Å²) in [5.74, 6) is 0.838. The number of H-pyrrole nitrogens is 1. The lowest BCUT2D eigenvalue weighted by atomic mass is 10.0. The summed E-state index contributed by atoms with van der Waals surface area (Å²) >= 11 is 0. The largest absolute Gasteiger partial charge is 0.495 e. The maximum Gasteiger partial charge on any atom is 0.433 e. The topological polar surface area (TPSA) is 57.3 Å². The average molecular weight is 470 g/mol. The number of hydrogen-bond acceptors (Lipinski definition) is 5. The summed E-state index contributed by atoms with van der Waals surface area (Å²) < 4.78 is 45.6. The number of alkyl halides is 3. The van der Waals surface area contributed by atoms with E-state index in [1.165, 1.54) is 6.20 Å². The predicted octanol–water partition coefficient (Wildman–Crippen LogP) is 5.62. The van der Waals surface area contributed by atoms with Gasteiger partial charge in [0.15, 0.2) is 0 Å². The smallest absolute Gasteiger partial charge is 0.433 e. The maximum absolute atomic E-state index is 13.4. The van der Waals surface area contributed by atoms with E-state index in [1.807, 2.05) is 30.3 Å². The van der Waals surface area contributed by atoms with E-state index >= 15 is 0 Å². The van der Waals surface area contributed by atoms with Gasteiger partial charge in [0.05, 0.1) is 24.5 Å². The number of aromatic nitrogens is 3. The van der Waals surface area contributed by atoms with E-state index in [0.717, 1.165) is 54.2 Å². The first-order chi connectivity index (χ1) is 16.0. The van der Waals surface area contributed by atoms with E-state index in [2.05, 4.69) is 25.0 Å². The SMILES string of the molecule is C.COc1ccccc1N1CCN(c2ccnc3ccc(-c4cn[nH]c4C(F)(F)F)cc23)CC1. The Morgan fingerprint density at radius 1 is 0.941 bits per heavy atom. The number of pyridine rings is 1. The van der Waals surface area contributed by atoms with E-state index in [9.17, 15) is 13.2 Å². The second kappa shape index (κ2) is 9.24. The van der Waals surface area contributed by atoms with Gasteiger partial charge >= 0.3 is 6.18 Å². The molecule has 2 aromatic carbocycles. The number of hydrogen-bond donors (Lipinski definition) is 1. The number of aromatic amines is 1. The molecule has 0 spiro atoms. The van der Waals surface area contributed by atoms with Gasteiger partial charge in [0.1, 0.15) is 11.4 Å². The van der Waals surface area contributed by atoms with Crippen LogP contribution in [0.5, 0.6) is 5.75 Å². The van der Waals surface area contributed by atoms with Crippen LogP contribution in [0, 0.1) is 0 Å². The third kappa shape index (κ3) is 4.25. The van der Waals surface area contributed by atoms with Crippen molar-refractivity contribution in [2.24, 2.45) is 0 Å². The van der Waals surface area contributed by atoms with Gasteiger partial charge < -0.3 is 14.5 Å². The highest BCUT2D eigenvalue weighted by Gasteiger charge is 2.36. The molecule has 0 amide bonds. The molecule has 5 rings (SSSR count). The standard InChI is InChI=1S/C24H22F3N5O.CH4/c1-33-22-5-3-2-4-21(22)32-12-10-31(11-13-32)20-8-9-28-19-7-6-16(14-17(19)20)18-15-29-30-23(18)24(25,26)27;/h2-9,14-15H,10-13H2,1H3,(H,29,30);1H4. The normalized spacial score (nSPS) is 14.2. The van der Waals surface area contributed by atoms with Crippen LogP contribution >= 0.6 is 0 Å². The van der Waals surface area contributed by atoms with Crippen LogP contribution in [-0.2, 0) is 6.18 Å². The molecule has 2 aromatic heterocycles. The van der Waals surface area contributed by atoms with E-state index in [1.54, 1.807) is 31.5 Å². The summed E-state index contributed by atoms with van der Waals surface area (Å²) in [6.07, 6.45) is -1.55. The molecule has 1 fully saturated rings. The van der Waals surface area contributed by atoms with Crippen LogP contribution in [0.1, 0.15) is 13.1 Å². The molecular weight excluding hydrogens is 443 g/mol. The monoisotopic (exact) mass is 469 g/mol. The molecule has 0 unspecified atom stereocenters. The number of nitrogens with one attached hydrogen (secondary N) is 1. The Labute approximate surface area is 196 Å². The number of methoxy groups -OCH3 is 1. The molecule has 178 valence electrons. The third-order valence-electron chi connectivity index (χ3n) is 6.00. The molecule has 34 heavy (non-hydrogen) atoms. The number of nitrogens with zero attached hydrogens (tertiary/aromatic N) is 4. The Balaban J connectivity index is 0.00000274. The molecule has 6 nitrogen and oxygen atoms in total. The minimum Gasteiger partial charge on any atom is -0.495 e. The summed E-state index contributed by atoms with van der Waals surface area (Å²) in [5, 5.41) is 6.52. The number of fused-ring (bicyclic) bond motifs is 1. The summed E-state index contributed by atoms with van der Waals surface area (Å²) in [5.41, 5.74) is 2.38. The van der Waals surface area contributed by atoms with Crippen LogP contribution in [-0.4, -0.2) is 48.5 Å². The van der Waals surface area contributed by atoms with Gasteiger partial charge in [-0.2, -0.15) is 18.3 Å². The zero-order valence-electron chi connectivity index (χ0n) is 17.9. The Morgan fingerprint density at radius 2 is 1.65 bits per heavy atom. The lowest BCUT2D eigenvalue weighted by Crippen LogP contribution is -2.46. The second-order valence-electron chi connectivity index (χ2n) is 7.86. The minimum absolute atomic E-state index is 0. The molecule has 0 radical (unpaired) electrons. The lowest BCUT2D eigenvalue weighted by molar-refractivity contribution is -0.140. The van der Waals surface area contributed by atoms with Crippen LogP contribution < -0.4 is 14.5 Å². The van der Waals surface area contributed by atoms with E-state index in [4.69, 9.17) is 4.74 Å². The zero-order chi connectivity index (χ0) is 23.0. The van der Waals surface area contributed by atoms with Crippen molar-refractivity contribution in [3.8, 4) is 16.9 Å². The van der Waals surface area contributed by atoms with Gasteiger partial charge in [-0.3, -0.25) is 10.1 Å². The van der Waals surface area contributed by atoms with Gasteiger partial charge in [0.2, 0.25) is 0 Å². The third-order valence-corrected chi connectivity index (χ3v) is 6.00. The molecule has 1 saturated heterocycles. The van der Waals surface area contributed by atoms with Gasteiger partial charge in [-0.1, -0.05) is 25.6 Å². The maximum atomic E-state index is 13.4. The van der Waals surface area contributed by atoms with Gasteiger partial charge in [-0.25, -0.2) is 0 Å². The highest BCUT2D eigenvalue weighted by Crippen LogP contribution is 2.38. The first-order valence-corrected chi connectivity index (χ1v) is 10.6. The Kier molecular flexibility index (Phi) is 6.37. The van der Waals surface area contributed by atoms with Crippen molar-refractivity contribution >= 4 is 22.3 Å². The quantitative estimate of drug-likeness (QED) is 0.421. The van der Waals surface area contributed by atoms with Crippen LogP contribution in [0.2, 0.25) is 0 Å². The first-order valence-electron chi connectivity index (χ1n) is 10.6. The summed E-state index contributed by atoms with van der Waals surface area (Å²) in [4.78, 5) is 8.95. The van der Waals surface area contributed by atoms with Gasteiger partial charge in [-0.15, -0.1) is 0 Å². The van der Waals surface area contributed by atoms with Gasteiger partial charge in [0.25, 0.3) is 0 Å². The fraction of sp³-hybridized carbons (Fsp3) is 0.280. The molecule has 4 aromatic rings. The number of ether oxygens (including phenoxy) is 1.